The first-order valence-corrected chi connectivity index (χ1v) is 7.30. The summed E-state index contributed by atoms with van der Waals surface area (Å²) in [4.78, 5) is 0. The lowest BCUT2D eigenvalue weighted by Crippen LogP contribution is -2.05. The zero-order valence-corrected chi connectivity index (χ0v) is 11.8. The van der Waals surface area contributed by atoms with Gasteiger partial charge in [0.05, 0.1) is 0 Å². The number of hydrogen-bond acceptors (Lipinski definition) is 0. The molecular weight excluding hydrogens is 204 g/mol. The fourth-order valence-electron chi connectivity index (χ4n) is 2.60. The third-order valence-corrected chi connectivity index (χ3v) is 3.77. The molecule has 17 heavy (non-hydrogen) atoms. The molecule has 1 aromatic rings. The highest BCUT2D eigenvalue weighted by atomic mass is 14.1. The molecule has 0 N–H and O–H groups in total. The summed E-state index contributed by atoms with van der Waals surface area (Å²) in [7, 11) is 0. The minimum Gasteiger partial charge on any atom is -0.0654 e. The van der Waals surface area contributed by atoms with Gasteiger partial charge in [-0.25, -0.2) is 0 Å². The Morgan fingerprint density at radius 2 is 1.65 bits per heavy atom. The molecule has 0 radical (unpaired) electrons. The molecule has 0 amide bonds. The van der Waals surface area contributed by atoms with Gasteiger partial charge in [0.25, 0.3) is 0 Å². The van der Waals surface area contributed by atoms with E-state index >= 15 is 0 Å². The van der Waals surface area contributed by atoms with E-state index in [-0.39, 0.29) is 0 Å². The molecule has 0 aliphatic rings. The van der Waals surface area contributed by atoms with Crippen molar-refractivity contribution in [3.63, 3.8) is 0 Å². The van der Waals surface area contributed by atoms with E-state index in [0.29, 0.717) is 0 Å². The van der Waals surface area contributed by atoms with Crippen molar-refractivity contribution < 1.29 is 0 Å². The third kappa shape index (κ3) is 5.91. The van der Waals surface area contributed by atoms with Crippen molar-refractivity contribution in [1.29, 1.82) is 0 Å². The first-order valence-electron chi connectivity index (χ1n) is 7.30. The van der Waals surface area contributed by atoms with E-state index in [2.05, 4.69) is 51.1 Å². The maximum Gasteiger partial charge on any atom is -0.0253 e. The fourth-order valence-corrected chi connectivity index (χ4v) is 2.60. The van der Waals surface area contributed by atoms with Crippen LogP contribution in [0.5, 0.6) is 0 Å². The highest BCUT2D eigenvalue weighted by molar-refractivity contribution is 5.14. The van der Waals surface area contributed by atoms with E-state index in [1.54, 1.807) is 0 Å². The lowest BCUT2D eigenvalue weighted by molar-refractivity contribution is 0.376. The molecule has 0 aliphatic heterocycles. The Hall–Kier alpha value is -0.780. The maximum atomic E-state index is 2.39. The van der Waals surface area contributed by atoms with Gasteiger partial charge in [-0.15, -0.1) is 0 Å². The van der Waals surface area contributed by atoms with Crippen molar-refractivity contribution >= 4 is 0 Å². The van der Waals surface area contributed by atoms with Crippen molar-refractivity contribution in [2.45, 2.75) is 59.3 Å². The lowest BCUT2D eigenvalue weighted by Gasteiger charge is -2.17. The molecule has 0 nitrogen and oxygen atoms in total. The minimum absolute atomic E-state index is 0.823. The van der Waals surface area contributed by atoms with Crippen LogP contribution in [0.4, 0.5) is 0 Å². The maximum absolute atomic E-state index is 2.39. The Kier molecular flexibility index (Phi) is 7.00. The van der Waals surface area contributed by atoms with Gasteiger partial charge in [0, 0.05) is 0 Å². The van der Waals surface area contributed by atoms with Gasteiger partial charge in [-0.2, -0.15) is 0 Å². The molecule has 96 valence electrons. The zero-order chi connectivity index (χ0) is 12.5. The van der Waals surface area contributed by atoms with Gasteiger partial charge < -0.3 is 0 Å². The van der Waals surface area contributed by atoms with Gasteiger partial charge in [-0.1, -0.05) is 83.2 Å². The SMILES string of the molecule is CCC[C@@H](CC)CC[C@@H](C)Cc1ccccc1. The Balaban J connectivity index is 2.27. The van der Waals surface area contributed by atoms with E-state index in [1.807, 2.05) is 0 Å². The molecule has 0 fully saturated rings. The molecule has 0 bridgehead atoms. The summed E-state index contributed by atoms with van der Waals surface area (Å²) in [5, 5.41) is 0. The standard InChI is InChI=1S/C17H28/c1-4-9-16(5-2)13-12-15(3)14-17-10-7-6-8-11-17/h6-8,10-11,15-16H,4-5,9,12-14H2,1-3H3/t15-,16-/m1/s1. The van der Waals surface area contributed by atoms with E-state index < -0.39 is 0 Å². The first-order chi connectivity index (χ1) is 8.26. The molecule has 0 heteroatoms. The Morgan fingerprint density at radius 3 is 2.24 bits per heavy atom. The van der Waals surface area contributed by atoms with Crippen LogP contribution in [0.3, 0.4) is 0 Å². The van der Waals surface area contributed by atoms with Gasteiger partial charge in [-0.3, -0.25) is 0 Å². The molecule has 0 spiro atoms. The average molecular weight is 232 g/mol. The van der Waals surface area contributed by atoms with Gasteiger partial charge in [0.2, 0.25) is 0 Å². The normalized spacial score (nSPS) is 14.5. The van der Waals surface area contributed by atoms with Crippen molar-refractivity contribution in [2.24, 2.45) is 11.8 Å². The molecule has 0 saturated carbocycles. The molecule has 0 aromatic heterocycles. The second kappa shape index (κ2) is 8.33. The third-order valence-electron chi connectivity index (χ3n) is 3.77. The summed E-state index contributed by atoms with van der Waals surface area (Å²) in [6.45, 7) is 7.03. The van der Waals surface area contributed by atoms with Crippen LogP contribution in [0.15, 0.2) is 30.3 Å². The Bertz CT molecular complexity index is 275. The molecule has 0 saturated heterocycles. The first kappa shape index (κ1) is 14.3. The zero-order valence-electron chi connectivity index (χ0n) is 11.8. The smallest absolute Gasteiger partial charge is 0.0253 e. The van der Waals surface area contributed by atoms with Crippen LogP contribution in [-0.4, -0.2) is 0 Å². The predicted molar refractivity (Wildman–Crippen MR) is 77.2 cm³/mol. The second-order valence-corrected chi connectivity index (χ2v) is 5.44. The summed E-state index contributed by atoms with van der Waals surface area (Å²) in [5.74, 6) is 1.78. The van der Waals surface area contributed by atoms with Crippen LogP contribution in [0, 0.1) is 11.8 Å². The van der Waals surface area contributed by atoms with Crippen molar-refractivity contribution in [1.82, 2.24) is 0 Å². The van der Waals surface area contributed by atoms with Gasteiger partial charge >= 0.3 is 0 Å². The summed E-state index contributed by atoms with van der Waals surface area (Å²) in [6, 6.07) is 10.9. The topological polar surface area (TPSA) is 0 Å². The molecular formula is C17H28. The van der Waals surface area contributed by atoms with Crippen molar-refractivity contribution in [3.05, 3.63) is 35.9 Å². The second-order valence-electron chi connectivity index (χ2n) is 5.44. The molecule has 0 unspecified atom stereocenters. The quantitative estimate of drug-likeness (QED) is 0.557. The summed E-state index contributed by atoms with van der Waals surface area (Å²) >= 11 is 0. The molecule has 0 aliphatic carbocycles. The molecule has 2 atom stereocenters. The van der Waals surface area contributed by atoms with Crippen LogP contribution >= 0.6 is 0 Å². The minimum atomic E-state index is 0.823. The van der Waals surface area contributed by atoms with Gasteiger partial charge in [-0.05, 0) is 23.8 Å². The highest BCUT2D eigenvalue weighted by Gasteiger charge is 2.09. The van der Waals surface area contributed by atoms with Crippen molar-refractivity contribution in [3.8, 4) is 0 Å². The van der Waals surface area contributed by atoms with E-state index in [0.717, 1.165) is 11.8 Å². The molecule has 1 aromatic carbocycles. The fraction of sp³-hybridized carbons (Fsp3) is 0.647. The summed E-state index contributed by atoms with van der Waals surface area (Å²) in [6.07, 6.45) is 8.14. The number of hydrogen-bond donors (Lipinski definition) is 0. The van der Waals surface area contributed by atoms with E-state index in [9.17, 15) is 0 Å². The molecule has 1 rings (SSSR count). The average Bonchev–Trinajstić information content (AvgIpc) is 2.35. The Labute approximate surface area is 107 Å². The van der Waals surface area contributed by atoms with Gasteiger partial charge in [0.1, 0.15) is 0 Å². The van der Waals surface area contributed by atoms with Crippen LogP contribution in [0.2, 0.25) is 0 Å². The van der Waals surface area contributed by atoms with Crippen LogP contribution in [0.25, 0.3) is 0 Å². The largest absolute Gasteiger partial charge is 0.0654 e. The molecule has 0 heterocycles. The van der Waals surface area contributed by atoms with E-state index in [4.69, 9.17) is 0 Å². The number of rotatable bonds is 8. The summed E-state index contributed by atoms with van der Waals surface area (Å²) in [5.41, 5.74) is 1.49. The van der Waals surface area contributed by atoms with Crippen LogP contribution in [0.1, 0.15) is 58.4 Å². The highest BCUT2D eigenvalue weighted by Crippen LogP contribution is 2.22. The van der Waals surface area contributed by atoms with Gasteiger partial charge in [0.15, 0.2) is 0 Å². The number of benzene rings is 1. The van der Waals surface area contributed by atoms with Crippen LogP contribution in [-0.2, 0) is 6.42 Å². The lowest BCUT2D eigenvalue weighted by atomic mass is 9.89. The predicted octanol–water partition coefficient (Wildman–Crippen LogP) is 5.47. The summed E-state index contributed by atoms with van der Waals surface area (Å²) < 4.78 is 0. The van der Waals surface area contributed by atoms with Crippen LogP contribution < -0.4 is 0 Å². The van der Waals surface area contributed by atoms with Crippen molar-refractivity contribution in [2.75, 3.05) is 0 Å². The van der Waals surface area contributed by atoms with E-state index in [1.165, 1.54) is 44.1 Å². The Morgan fingerprint density at radius 1 is 0.941 bits per heavy atom. The monoisotopic (exact) mass is 232 g/mol.